The molecule has 0 saturated heterocycles. The quantitative estimate of drug-likeness (QED) is 0.882. The second-order valence-corrected chi connectivity index (χ2v) is 6.85. The lowest BCUT2D eigenvalue weighted by molar-refractivity contribution is -0.715. The predicted octanol–water partition coefficient (Wildman–Crippen LogP) is 3.06. The normalized spacial score (nSPS) is 27.1. The third kappa shape index (κ3) is 4.45. The third-order valence-corrected chi connectivity index (χ3v) is 5.05. The van der Waals surface area contributed by atoms with E-state index < -0.39 is 0 Å². The molecule has 3 N–H and O–H groups in total. The summed E-state index contributed by atoms with van der Waals surface area (Å²) in [5.41, 5.74) is 0.762. The highest BCUT2D eigenvalue weighted by Crippen LogP contribution is 2.27. The van der Waals surface area contributed by atoms with Gasteiger partial charge in [-0.15, -0.1) is 0 Å². The summed E-state index contributed by atoms with van der Waals surface area (Å²) in [4.78, 5) is 12.3. The van der Waals surface area contributed by atoms with E-state index in [2.05, 4.69) is 24.5 Å². The summed E-state index contributed by atoms with van der Waals surface area (Å²) in [6.07, 6.45) is 3.80. The molecule has 3 nitrogen and oxygen atoms in total. The van der Waals surface area contributed by atoms with Crippen molar-refractivity contribution in [3.8, 4) is 0 Å². The van der Waals surface area contributed by atoms with Crippen molar-refractivity contribution in [3.63, 3.8) is 0 Å². The molecule has 4 atom stereocenters. The fourth-order valence-corrected chi connectivity index (χ4v) is 3.37. The molecular weight excluding hydrogens is 284 g/mol. The van der Waals surface area contributed by atoms with Gasteiger partial charge in [0.25, 0.3) is 5.91 Å². The molecule has 0 spiro atoms. The lowest BCUT2D eigenvalue weighted by Gasteiger charge is -2.33. The molecule has 1 amide bonds. The molecule has 1 aromatic rings. The number of carbonyl (C=O) groups is 1. The number of hydrogen-bond donors (Lipinski definition) is 2. The molecule has 0 heterocycles. The number of rotatable bonds is 4. The van der Waals surface area contributed by atoms with E-state index in [0.717, 1.165) is 11.6 Å². The SMILES string of the molecule is C[C@@H]1[C@@H](C)CCC[C@H]1[NH2+][C@@H](C)C(=O)Nc1cccc(Cl)c1. The Labute approximate surface area is 132 Å². The number of quaternary nitrogens is 1. The zero-order valence-electron chi connectivity index (χ0n) is 13.1. The smallest absolute Gasteiger partial charge is 0.282 e. The van der Waals surface area contributed by atoms with Crippen molar-refractivity contribution in [2.45, 2.75) is 52.1 Å². The van der Waals surface area contributed by atoms with E-state index in [1.165, 1.54) is 19.3 Å². The van der Waals surface area contributed by atoms with Crippen LogP contribution < -0.4 is 10.6 Å². The fraction of sp³-hybridized carbons (Fsp3) is 0.588. The molecule has 2 rings (SSSR count). The molecule has 0 unspecified atom stereocenters. The monoisotopic (exact) mass is 309 g/mol. The van der Waals surface area contributed by atoms with Gasteiger partial charge in [0.2, 0.25) is 0 Å². The Kier molecular flexibility index (Phi) is 5.65. The Morgan fingerprint density at radius 3 is 2.86 bits per heavy atom. The van der Waals surface area contributed by atoms with E-state index in [1.54, 1.807) is 12.1 Å². The van der Waals surface area contributed by atoms with Gasteiger partial charge in [-0.25, -0.2) is 0 Å². The van der Waals surface area contributed by atoms with Gasteiger partial charge >= 0.3 is 0 Å². The van der Waals surface area contributed by atoms with Crippen LogP contribution in [0.3, 0.4) is 0 Å². The average molecular weight is 310 g/mol. The first-order valence-corrected chi connectivity index (χ1v) is 8.26. The number of anilines is 1. The Hall–Kier alpha value is -1.06. The lowest BCUT2D eigenvalue weighted by atomic mass is 9.78. The average Bonchev–Trinajstić information content (AvgIpc) is 2.44. The molecule has 0 aliphatic heterocycles. The van der Waals surface area contributed by atoms with Crippen molar-refractivity contribution in [2.75, 3.05) is 5.32 Å². The number of benzene rings is 1. The zero-order valence-corrected chi connectivity index (χ0v) is 13.9. The number of amides is 1. The van der Waals surface area contributed by atoms with E-state index in [-0.39, 0.29) is 11.9 Å². The first-order valence-electron chi connectivity index (χ1n) is 7.89. The molecule has 0 bridgehead atoms. The maximum atomic E-state index is 12.3. The maximum Gasteiger partial charge on any atom is 0.282 e. The molecule has 0 aromatic heterocycles. The maximum absolute atomic E-state index is 12.3. The highest BCUT2D eigenvalue weighted by atomic mass is 35.5. The first-order chi connectivity index (χ1) is 9.97. The van der Waals surface area contributed by atoms with Crippen LogP contribution in [0.2, 0.25) is 5.02 Å². The zero-order chi connectivity index (χ0) is 15.4. The van der Waals surface area contributed by atoms with Crippen LogP contribution in [0.15, 0.2) is 24.3 Å². The molecule has 1 fully saturated rings. The third-order valence-electron chi connectivity index (χ3n) is 4.81. The Morgan fingerprint density at radius 1 is 1.38 bits per heavy atom. The fourth-order valence-electron chi connectivity index (χ4n) is 3.18. The summed E-state index contributed by atoms with van der Waals surface area (Å²) in [6, 6.07) is 7.75. The largest absolute Gasteiger partial charge is 0.334 e. The van der Waals surface area contributed by atoms with Crippen LogP contribution in [-0.2, 0) is 4.79 Å². The molecule has 0 radical (unpaired) electrons. The van der Waals surface area contributed by atoms with E-state index in [4.69, 9.17) is 11.6 Å². The van der Waals surface area contributed by atoms with E-state index in [0.29, 0.717) is 17.0 Å². The molecule has 21 heavy (non-hydrogen) atoms. The lowest BCUT2D eigenvalue weighted by Crippen LogP contribution is -2.97. The van der Waals surface area contributed by atoms with Crippen LogP contribution in [0.5, 0.6) is 0 Å². The van der Waals surface area contributed by atoms with Crippen molar-refractivity contribution in [1.29, 1.82) is 0 Å². The second kappa shape index (κ2) is 7.28. The van der Waals surface area contributed by atoms with Crippen molar-refractivity contribution in [2.24, 2.45) is 11.8 Å². The van der Waals surface area contributed by atoms with Gasteiger partial charge in [-0.1, -0.05) is 31.5 Å². The van der Waals surface area contributed by atoms with Crippen molar-refractivity contribution < 1.29 is 10.1 Å². The van der Waals surface area contributed by atoms with Crippen LogP contribution in [0.1, 0.15) is 40.0 Å². The standard InChI is InChI=1S/C17H25ClN2O/c1-11-6-4-9-16(12(11)2)19-13(3)17(21)20-15-8-5-7-14(18)10-15/h5,7-8,10-13,16,19H,4,6,9H2,1-3H3,(H,20,21)/p+1/t11-,12+,13-,16+/m0/s1. The highest BCUT2D eigenvalue weighted by Gasteiger charge is 2.32. The Balaban J connectivity index is 1.90. The summed E-state index contributed by atoms with van der Waals surface area (Å²) in [5, 5.41) is 5.82. The summed E-state index contributed by atoms with van der Waals surface area (Å²) < 4.78 is 0. The number of nitrogens with one attached hydrogen (secondary N) is 1. The van der Waals surface area contributed by atoms with Gasteiger partial charge in [0.1, 0.15) is 0 Å². The van der Waals surface area contributed by atoms with Gasteiger partial charge in [0, 0.05) is 16.6 Å². The Bertz CT molecular complexity index is 491. The molecule has 1 aromatic carbocycles. The number of hydrogen-bond acceptors (Lipinski definition) is 1. The van der Waals surface area contributed by atoms with E-state index >= 15 is 0 Å². The molecule has 116 valence electrons. The van der Waals surface area contributed by atoms with Crippen molar-refractivity contribution in [1.82, 2.24) is 0 Å². The van der Waals surface area contributed by atoms with Crippen LogP contribution in [0, 0.1) is 11.8 Å². The van der Waals surface area contributed by atoms with Crippen molar-refractivity contribution >= 4 is 23.2 Å². The minimum absolute atomic E-state index is 0.0442. The summed E-state index contributed by atoms with van der Waals surface area (Å²) >= 11 is 5.94. The van der Waals surface area contributed by atoms with Gasteiger partial charge in [-0.2, -0.15) is 0 Å². The van der Waals surface area contributed by atoms with E-state index in [9.17, 15) is 4.79 Å². The molecule has 1 aliphatic rings. The van der Waals surface area contributed by atoms with Gasteiger partial charge < -0.3 is 10.6 Å². The molecule has 1 saturated carbocycles. The highest BCUT2D eigenvalue weighted by molar-refractivity contribution is 6.30. The summed E-state index contributed by atoms with van der Waals surface area (Å²) in [6.45, 7) is 6.61. The van der Waals surface area contributed by atoms with Gasteiger partial charge in [-0.3, -0.25) is 4.79 Å². The Morgan fingerprint density at radius 2 is 2.14 bits per heavy atom. The second-order valence-electron chi connectivity index (χ2n) is 6.41. The predicted molar refractivity (Wildman–Crippen MR) is 87.4 cm³/mol. The minimum Gasteiger partial charge on any atom is -0.334 e. The van der Waals surface area contributed by atoms with E-state index in [1.807, 2.05) is 19.1 Å². The van der Waals surface area contributed by atoms with Crippen LogP contribution in [-0.4, -0.2) is 18.0 Å². The summed E-state index contributed by atoms with van der Waals surface area (Å²) in [7, 11) is 0. The van der Waals surface area contributed by atoms with Gasteiger partial charge in [-0.05, 0) is 50.3 Å². The molecular formula is C17H26ClN2O+. The number of halogens is 1. The molecule has 1 aliphatic carbocycles. The summed E-state index contributed by atoms with van der Waals surface area (Å²) in [5.74, 6) is 1.46. The number of nitrogens with two attached hydrogens (primary N) is 1. The van der Waals surface area contributed by atoms with Gasteiger partial charge in [0.15, 0.2) is 6.04 Å². The van der Waals surface area contributed by atoms with Crippen LogP contribution >= 0.6 is 11.6 Å². The van der Waals surface area contributed by atoms with Crippen LogP contribution in [0.4, 0.5) is 5.69 Å². The van der Waals surface area contributed by atoms with Crippen molar-refractivity contribution in [3.05, 3.63) is 29.3 Å². The molecule has 4 heteroatoms. The first kappa shape index (κ1) is 16.3. The number of carbonyl (C=O) groups excluding carboxylic acids is 1. The topological polar surface area (TPSA) is 45.7 Å². The minimum atomic E-state index is -0.0817. The van der Waals surface area contributed by atoms with Gasteiger partial charge in [0.05, 0.1) is 6.04 Å². The van der Waals surface area contributed by atoms with Crippen LogP contribution in [0.25, 0.3) is 0 Å².